The number of amides is 4. The average molecular weight is 829 g/mol. The van der Waals surface area contributed by atoms with Crippen molar-refractivity contribution in [2.24, 2.45) is 5.41 Å². The molecule has 0 aliphatic carbocycles. The zero-order valence-electron chi connectivity index (χ0n) is 32.9. The molecule has 0 radical (unpaired) electrons. The first-order valence-corrected chi connectivity index (χ1v) is 19.7. The maximum Gasteiger partial charge on any atom is 0.339 e. The largest absolute Gasteiger partial charge is 0.444 e. The average Bonchev–Trinajstić information content (AvgIpc) is 3.46. The lowest BCUT2D eigenvalue weighted by Gasteiger charge is -2.52. The van der Waals surface area contributed by atoms with Crippen molar-refractivity contribution in [3.8, 4) is 0 Å². The minimum atomic E-state index is -1.95. The summed E-state index contributed by atoms with van der Waals surface area (Å²) in [7, 11) is 0. The number of ether oxygens (including phenoxy) is 2. The van der Waals surface area contributed by atoms with Crippen LogP contribution in [0.4, 0.5) is 0 Å². The van der Waals surface area contributed by atoms with Gasteiger partial charge in [-0.1, -0.05) is 99.1 Å². The van der Waals surface area contributed by atoms with Crippen LogP contribution in [0.5, 0.6) is 0 Å². The minimum absolute atomic E-state index is 0.0119. The summed E-state index contributed by atoms with van der Waals surface area (Å²) < 4.78 is 11.2. The molecule has 0 spiro atoms. The minimum Gasteiger partial charge on any atom is -0.444 e. The highest BCUT2D eigenvalue weighted by Crippen LogP contribution is 2.38. The number of pyridine rings is 1. The summed E-state index contributed by atoms with van der Waals surface area (Å²) in [6.45, 7) is 4.89. The van der Waals surface area contributed by atoms with Gasteiger partial charge >= 0.3 is 11.9 Å². The Bertz CT molecular complexity index is 2400. The van der Waals surface area contributed by atoms with Gasteiger partial charge in [0.1, 0.15) is 6.04 Å². The van der Waals surface area contributed by atoms with Gasteiger partial charge in [-0.15, -0.1) is 0 Å². The van der Waals surface area contributed by atoms with E-state index in [1.807, 2.05) is 24.3 Å². The first-order valence-electron chi connectivity index (χ1n) is 19.3. The summed E-state index contributed by atoms with van der Waals surface area (Å²) in [5, 5.41) is 5.07. The summed E-state index contributed by atoms with van der Waals surface area (Å²) >= 11 is 6.05. The van der Waals surface area contributed by atoms with E-state index in [0.29, 0.717) is 21.9 Å². The first kappa shape index (κ1) is 41.4. The van der Waals surface area contributed by atoms with Crippen LogP contribution >= 0.6 is 11.6 Å². The monoisotopic (exact) mass is 828 g/mol. The Morgan fingerprint density at radius 2 is 1.30 bits per heavy atom. The molecule has 306 valence electrons. The third-order valence-electron chi connectivity index (χ3n) is 10.6. The Kier molecular flexibility index (Phi) is 11.9. The van der Waals surface area contributed by atoms with E-state index in [1.54, 1.807) is 93.8 Å². The molecule has 1 N–H and O–H groups in total. The normalized spacial score (nSPS) is 19.4. The number of nitrogens with one attached hydrogen (secondary N) is 1. The second-order valence-corrected chi connectivity index (χ2v) is 16.1. The lowest BCUT2D eigenvalue weighted by atomic mass is 9.80. The number of nitrogens with zero attached hydrogens (tertiary/aromatic N) is 3. The lowest BCUT2D eigenvalue weighted by molar-refractivity contribution is -0.177. The van der Waals surface area contributed by atoms with E-state index in [9.17, 15) is 33.6 Å². The number of hydrogen-bond acceptors (Lipinski definition) is 10. The van der Waals surface area contributed by atoms with Crippen LogP contribution < -0.4 is 5.32 Å². The Balaban J connectivity index is 1.24. The summed E-state index contributed by atoms with van der Waals surface area (Å²) in [6.07, 6.45) is -0.147. The number of aromatic nitrogens is 1. The van der Waals surface area contributed by atoms with E-state index in [1.165, 1.54) is 24.3 Å². The Morgan fingerprint density at radius 3 is 1.87 bits per heavy atom. The standard InChI is InChI=1S/C46H41ClN4O9/c1-46(2,3)39(52)36(40(53)49-25-28-15-19-33(47)20-16-28)50-34(21-17-27-14-18-32-26-48-23-22-31(32)24-27)35(41(50)54)51-42(55)37(59-44(57)29-10-6-4-7-11-29)38(43(51)56)60-45(58)30-12-8-5-9-13-30/h4-16,18-20,22-24,26,34-38H,17,21,25H2,1-3H3,(H,49,53). The molecule has 3 heterocycles. The summed E-state index contributed by atoms with van der Waals surface area (Å²) in [5.41, 5.74) is 0.532. The number of β-lactam (4-membered cyclic amide) rings is 1. The summed E-state index contributed by atoms with van der Waals surface area (Å²) in [6, 6.07) is 25.5. The number of esters is 2. The molecular formula is C46H41ClN4O9. The second-order valence-electron chi connectivity index (χ2n) is 15.6. The number of carbonyl (C=O) groups is 7. The fourth-order valence-electron chi connectivity index (χ4n) is 7.38. The molecule has 2 aliphatic rings. The molecular weight excluding hydrogens is 788 g/mol. The van der Waals surface area contributed by atoms with Gasteiger partial charge in [0.05, 0.1) is 17.2 Å². The van der Waals surface area contributed by atoms with E-state index in [0.717, 1.165) is 21.2 Å². The molecule has 2 saturated heterocycles. The van der Waals surface area contributed by atoms with Gasteiger partial charge in [0.25, 0.3) is 17.7 Å². The van der Waals surface area contributed by atoms with Gasteiger partial charge in [-0.25, -0.2) is 9.59 Å². The molecule has 14 heteroatoms. The second kappa shape index (κ2) is 17.2. The van der Waals surface area contributed by atoms with Gasteiger partial charge < -0.3 is 19.7 Å². The van der Waals surface area contributed by atoms with E-state index in [2.05, 4.69) is 10.3 Å². The predicted molar refractivity (Wildman–Crippen MR) is 219 cm³/mol. The summed E-state index contributed by atoms with van der Waals surface area (Å²) in [4.78, 5) is 105. The van der Waals surface area contributed by atoms with Gasteiger partial charge in [-0.05, 0) is 71.8 Å². The van der Waals surface area contributed by atoms with Gasteiger partial charge in [0.15, 0.2) is 11.8 Å². The number of imide groups is 1. The number of hydrogen-bond donors (Lipinski definition) is 1. The molecule has 60 heavy (non-hydrogen) atoms. The SMILES string of the molecule is CC(C)(C)C(=O)C(C(=O)NCc1ccc(Cl)cc1)N1C(=O)C(N2C(=O)C(OC(=O)c3ccccc3)C(OC(=O)c3ccccc3)C2=O)C1CCc1ccc2cnccc2c1. The van der Waals surface area contributed by atoms with Crippen molar-refractivity contribution in [3.05, 3.63) is 149 Å². The highest BCUT2D eigenvalue weighted by atomic mass is 35.5. The number of aryl methyl sites for hydroxylation is 1. The Hall–Kier alpha value is -6.73. The molecule has 5 unspecified atom stereocenters. The molecule has 0 bridgehead atoms. The van der Waals surface area contributed by atoms with Crippen LogP contribution in [-0.2, 0) is 46.4 Å². The van der Waals surface area contributed by atoms with Crippen molar-refractivity contribution < 1.29 is 43.0 Å². The fourth-order valence-corrected chi connectivity index (χ4v) is 7.50. The highest BCUT2D eigenvalue weighted by molar-refractivity contribution is 6.30. The van der Waals surface area contributed by atoms with Crippen LogP contribution in [0.25, 0.3) is 10.8 Å². The van der Waals surface area contributed by atoms with Crippen LogP contribution in [0.3, 0.4) is 0 Å². The van der Waals surface area contributed by atoms with E-state index in [-0.39, 0.29) is 24.1 Å². The third kappa shape index (κ3) is 8.53. The molecule has 2 fully saturated rings. The van der Waals surface area contributed by atoms with Gasteiger partial charge in [-0.3, -0.25) is 33.9 Å². The zero-order chi connectivity index (χ0) is 42.7. The lowest BCUT2D eigenvalue weighted by Crippen LogP contribution is -2.77. The third-order valence-corrected chi connectivity index (χ3v) is 10.8. The van der Waals surface area contributed by atoms with Gasteiger partial charge in [0, 0.05) is 34.8 Å². The van der Waals surface area contributed by atoms with Crippen LogP contribution in [0, 0.1) is 5.41 Å². The number of carbonyl (C=O) groups excluding carboxylic acids is 7. The highest BCUT2D eigenvalue weighted by Gasteiger charge is 2.64. The quantitative estimate of drug-likeness (QED) is 0.0691. The van der Waals surface area contributed by atoms with Crippen molar-refractivity contribution in [1.82, 2.24) is 20.1 Å². The van der Waals surface area contributed by atoms with E-state index in [4.69, 9.17) is 21.1 Å². The van der Waals surface area contributed by atoms with Crippen molar-refractivity contribution in [1.29, 1.82) is 0 Å². The first-order chi connectivity index (χ1) is 28.7. The molecule has 1 aromatic heterocycles. The van der Waals surface area contributed by atoms with Crippen LogP contribution in [-0.4, -0.2) is 86.5 Å². The van der Waals surface area contributed by atoms with E-state index >= 15 is 0 Å². The van der Waals surface area contributed by atoms with Crippen molar-refractivity contribution in [2.45, 2.75) is 70.5 Å². The Labute approximate surface area is 350 Å². The number of rotatable bonds is 13. The zero-order valence-corrected chi connectivity index (χ0v) is 33.7. The molecule has 0 saturated carbocycles. The maximum atomic E-state index is 14.6. The van der Waals surface area contributed by atoms with Gasteiger partial charge in [-0.2, -0.15) is 0 Å². The fraction of sp³-hybridized carbons (Fsp3) is 0.261. The molecule has 2 aliphatic heterocycles. The topological polar surface area (TPSA) is 169 Å². The number of halogens is 1. The van der Waals surface area contributed by atoms with Crippen molar-refractivity contribution >= 4 is 63.7 Å². The van der Waals surface area contributed by atoms with Crippen LogP contribution in [0.1, 0.15) is 59.0 Å². The number of ketones is 1. The molecule has 5 atom stereocenters. The van der Waals surface area contributed by atoms with Crippen molar-refractivity contribution in [3.63, 3.8) is 0 Å². The molecule has 5 aromatic rings. The van der Waals surface area contributed by atoms with Gasteiger partial charge in [0.2, 0.25) is 18.1 Å². The van der Waals surface area contributed by atoms with Crippen LogP contribution in [0.15, 0.2) is 122 Å². The molecule has 4 aromatic carbocycles. The number of Topliss-reactive ketones (excluding diaryl/α,β-unsaturated/α-hetero) is 1. The maximum absolute atomic E-state index is 14.6. The number of benzene rings is 4. The molecule has 13 nitrogen and oxygen atoms in total. The smallest absolute Gasteiger partial charge is 0.339 e. The van der Waals surface area contributed by atoms with E-state index < -0.39 is 77.1 Å². The number of fused-ring (bicyclic) bond motifs is 1. The molecule has 7 rings (SSSR count). The number of likely N-dealkylation sites (tertiary alicyclic amines) is 2. The molecule has 4 amide bonds. The van der Waals surface area contributed by atoms with Crippen LogP contribution in [0.2, 0.25) is 5.02 Å². The summed E-state index contributed by atoms with van der Waals surface area (Å²) in [5.74, 6) is -6.33. The predicted octanol–water partition coefficient (Wildman–Crippen LogP) is 5.52. The Morgan fingerprint density at radius 1 is 0.733 bits per heavy atom. The van der Waals surface area contributed by atoms with Crippen molar-refractivity contribution in [2.75, 3.05) is 0 Å².